The van der Waals surface area contributed by atoms with Gasteiger partial charge in [-0.2, -0.15) is 0 Å². The van der Waals surface area contributed by atoms with Crippen LogP contribution < -0.4 is 23.8 Å². The minimum Gasteiger partial charge on any atom is -0.497 e. The van der Waals surface area contributed by atoms with Crippen molar-refractivity contribution in [3.05, 3.63) is 42.5 Å². The van der Waals surface area contributed by atoms with Gasteiger partial charge in [0.15, 0.2) is 11.5 Å². The summed E-state index contributed by atoms with van der Waals surface area (Å²) in [4.78, 5) is 12.7. The van der Waals surface area contributed by atoms with Crippen molar-refractivity contribution in [2.45, 2.75) is 13.0 Å². The van der Waals surface area contributed by atoms with Crippen molar-refractivity contribution in [3.8, 4) is 17.2 Å². The summed E-state index contributed by atoms with van der Waals surface area (Å²) in [6, 6.07) is 10.4. The predicted molar refractivity (Wildman–Crippen MR) is 108 cm³/mol. The number of nitrogens with one attached hydrogen (secondary N) is 1. The third kappa shape index (κ3) is 4.86. The second kappa shape index (κ2) is 8.83. The molecule has 0 saturated carbocycles. The van der Waals surface area contributed by atoms with Gasteiger partial charge in [0.05, 0.1) is 33.3 Å². The Balaban J connectivity index is 2.36. The second-order valence-electron chi connectivity index (χ2n) is 6.00. The van der Waals surface area contributed by atoms with Gasteiger partial charge in [0.2, 0.25) is 15.9 Å². The number of methoxy groups -OCH3 is 3. The van der Waals surface area contributed by atoms with E-state index < -0.39 is 22.0 Å². The van der Waals surface area contributed by atoms with E-state index >= 15 is 0 Å². The molecule has 0 aliphatic rings. The molecule has 8 nitrogen and oxygen atoms in total. The van der Waals surface area contributed by atoms with Gasteiger partial charge in [-0.1, -0.05) is 6.07 Å². The third-order valence-corrected chi connectivity index (χ3v) is 5.29. The highest BCUT2D eigenvalue weighted by atomic mass is 32.2. The fraction of sp³-hybridized carbons (Fsp3) is 0.316. The van der Waals surface area contributed by atoms with E-state index in [4.69, 9.17) is 14.2 Å². The Hall–Kier alpha value is -2.94. The number of sulfonamides is 1. The smallest absolute Gasteiger partial charge is 0.247 e. The molecule has 0 aromatic heterocycles. The fourth-order valence-corrected chi connectivity index (χ4v) is 3.88. The number of ether oxygens (including phenoxy) is 3. The van der Waals surface area contributed by atoms with Crippen LogP contribution in [0.4, 0.5) is 11.4 Å². The van der Waals surface area contributed by atoms with Gasteiger partial charge in [-0.25, -0.2) is 8.42 Å². The van der Waals surface area contributed by atoms with E-state index in [0.717, 1.165) is 10.6 Å². The fourth-order valence-electron chi connectivity index (χ4n) is 2.72. The van der Waals surface area contributed by atoms with Crippen LogP contribution in [-0.4, -0.2) is 48.0 Å². The van der Waals surface area contributed by atoms with E-state index in [1.165, 1.54) is 34.3 Å². The molecule has 1 N–H and O–H groups in total. The molecular weight excluding hydrogens is 384 g/mol. The maximum absolute atomic E-state index is 12.7. The molecule has 0 saturated heterocycles. The summed E-state index contributed by atoms with van der Waals surface area (Å²) in [6.45, 7) is 1.51. The first-order valence-corrected chi connectivity index (χ1v) is 10.2. The lowest BCUT2D eigenvalue weighted by Gasteiger charge is -2.28. The van der Waals surface area contributed by atoms with Crippen LogP contribution in [-0.2, 0) is 14.8 Å². The lowest BCUT2D eigenvalue weighted by Crippen LogP contribution is -2.45. The summed E-state index contributed by atoms with van der Waals surface area (Å²) in [6.07, 6.45) is 1.04. The minimum absolute atomic E-state index is 0.286. The molecule has 2 aromatic carbocycles. The van der Waals surface area contributed by atoms with Crippen molar-refractivity contribution in [1.82, 2.24) is 0 Å². The number of nitrogens with zero attached hydrogens (tertiary/aromatic N) is 1. The first kappa shape index (κ1) is 21.4. The molecule has 1 atom stereocenters. The van der Waals surface area contributed by atoms with Crippen LogP contribution in [0, 0.1) is 0 Å². The lowest BCUT2D eigenvalue weighted by atomic mass is 10.2. The van der Waals surface area contributed by atoms with Gasteiger partial charge in [0.25, 0.3) is 0 Å². The van der Waals surface area contributed by atoms with Crippen LogP contribution >= 0.6 is 0 Å². The first-order chi connectivity index (χ1) is 13.2. The van der Waals surface area contributed by atoms with Crippen molar-refractivity contribution in [2.75, 3.05) is 37.2 Å². The largest absolute Gasteiger partial charge is 0.497 e. The van der Waals surface area contributed by atoms with E-state index in [1.54, 1.807) is 36.4 Å². The van der Waals surface area contributed by atoms with Crippen LogP contribution in [0.2, 0.25) is 0 Å². The highest BCUT2D eigenvalue weighted by Crippen LogP contribution is 2.33. The summed E-state index contributed by atoms with van der Waals surface area (Å²) >= 11 is 0. The van der Waals surface area contributed by atoms with E-state index in [-0.39, 0.29) is 5.69 Å². The zero-order valence-corrected chi connectivity index (χ0v) is 17.2. The van der Waals surface area contributed by atoms with Crippen molar-refractivity contribution in [1.29, 1.82) is 0 Å². The minimum atomic E-state index is -3.76. The summed E-state index contributed by atoms with van der Waals surface area (Å²) in [7, 11) is 0.691. The van der Waals surface area contributed by atoms with Crippen LogP contribution in [0.5, 0.6) is 17.2 Å². The Labute approximate surface area is 165 Å². The van der Waals surface area contributed by atoms with E-state index in [1.807, 2.05) is 0 Å². The summed E-state index contributed by atoms with van der Waals surface area (Å²) in [5.74, 6) is 0.890. The molecule has 28 heavy (non-hydrogen) atoms. The Morgan fingerprint density at radius 2 is 1.68 bits per heavy atom. The van der Waals surface area contributed by atoms with Gasteiger partial charge < -0.3 is 19.5 Å². The molecule has 0 bridgehead atoms. The molecule has 2 aromatic rings. The normalized spacial score (nSPS) is 12.0. The Kier molecular flexibility index (Phi) is 6.74. The maximum Gasteiger partial charge on any atom is 0.247 e. The van der Waals surface area contributed by atoms with Crippen LogP contribution in [0.3, 0.4) is 0 Å². The third-order valence-electron chi connectivity index (χ3n) is 4.05. The number of amides is 1. The predicted octanol–water partition coefficient (Wildman–Crippen LogP) is 2.51. The molecule has 0 aliphatic heterocycles. The number of carbonyl (C=O) groups excluding carboxylic acids is 1. The number of carbonyl (C=O) groups is 1. The zero-order chi connectivity index (χ0) is 20.9. The number of hydrogen-bond acceptors (Lipinski definition) is 6. The van der Waals surface area contributed by atoms with E-state index in [0.29, 0.717) is 22.9 Å². The van der Waals surface area contributed by atoms with Gasteiger partial charge in [-0.05, 0) is 31.2 Å². The average molecular weight is 408 g/mol. The number of anilines is 2. The number of hydrogen-bond donors (Lipinski definition) is 1. The molecule has 1 amide bonds. The lowest BCUT2D eigenvalue weighted by molar-refractivity contribution is -0.116. The molecule has 0 fully saturated rings. The van der Waals surface area contributed by atoms with E-state index in [2.05, 4.69) is 5.32 Å². The molecule has 0 aliphatic carbocycles. The van der Waals surface area contributed by atoms with Crippen molar-refractivity contribution in [2.24, 2.45) is 0 Å². The molecule has 0 radical (unpaired) electrons. The van der Waals surface area contributed by atoms with Crippen LogP contribution in [0.15, 0.2) is 42.5 Å². The zero-order valence-electron chi connectivity index (χ0n) is 16.4. The molecule has 0 spiro atoms. The molecule has 152 valence electrons. The van der Waals surface area contributed by atoms with Gasteiger partial charge in [0, 0.05) is 17.8 Å². The van der Waals surface area contributed by atoms with E-state index in [9.17, 15) is 13.2 Å². The number of benzene rings is 2. The van der Waals surface area contributed by atoms with Gasteiger partial charge in [-0.3, -0.25) is 9.10 Å². The summed E-state index contributed by atoms with van der Waals surface area (Å²) in [5, 5.41) is 2.71. The van der Waals surface area contributed by atoms with Gasteiger partial charge in [-0.15, -0.1) is 0 Å². The highest BCUT2D eigenvalue weighted by Gasteiger charge is 2.30. The first-order valence-electron chi connectivity index (χ1n) is 8.37. The van der Waals surface area contributed by atoms with Gasteiger partial charge >= 0.3 is 0 Å². The quantitative estimate of drug-likeness (QED) is 0.721. The Morgan fingerprint density at radius 3 is 2.25 bits per heavy atom. The maximum atomic E-state index is 12.7. The summed E-state index contributed by atoms with van der Waals surface area (Å²) < 4.78 is 41.5. The van der Waals surface area contributed by atoms with Crippen molar-refractivity contribution < 1.29 is 27.4 Å². The molecule has 0 unspecified atom stereocenters. The molecule has 9 heteroatoms. The highest BCUT2D eigenvalue weighted by molar-refractivity contribution is 7.92. The van der Waals surface area contributed by atoms with Crippen LogP contribution in [0.25, 0.3) is 0 Å². The SMILES string of the molecule is COc1cccc(NC(=O)[C@H](C)N(c2ccc(OC)c(OC)c2)S(C)(=O)=O)c1. The van der Waals surface area contributed by atoms with Crippen molar-refractivity contribution in [3.63, 3.8) is 0 Å². The Bertz CT molecular complexity index is 945. The second-order valence-corrected chi connectivity index (χ2v) is 7.85. The van der Waals surface area contributed by atoms with Crippen LogP contribution in [0.1, 0.15) is 6.92 Å². The van der Waals surface area contributed by atoms with Crippen molar-refractivity contribution >= 4 is 27.3 Å². The van der Waals surface area contributed by atoms with Gasteiger partial charge in [0.1, 0.15) is 11.8 Å². The monoisotopic (exact) mass is 408 g/mol. The molecule has 0 heterocycles. The molecular formula is C19H24N2O6S. The molecule has 2 rings (SSSR count). The number of rotatable bonds is 8. The topological polar surface area (TPSA) is 94.2 Å². The standard InChI is InChI=1S/C19H24N2O6S/c1-13(19(22)20-14-7-6-8-16(11-14)25-2)21(28(5,23)24)15-9-10-17(26-3)18(12-15)27-4/h6-13H,1-5H3,(H,20,22)/t13-/m0/s1. The Morgan fingerprint density at radius 1 is 1.00 bits per heavy atom. The average Bonchev–Trinajstić information content (AvgIpc) is 2.66. The summed E-state index contributed by atoms with van der Waals surface area (Å²) in [5.41, 5.74) is 0.783.